The normalized spacial score (nSPS) is 11.4. The third-order valence-corrected chi connectivity index (χ3v) is 3.83. The van der Waals surface area contributed by atoms with Gasteiger partial charge in [0.25, 0.3) is 5.69 Å². The molecule has 0 atom stereocenters. The number of halogens is 3. The van der Waals surface area contributed by atoms with Crippen molar-refractivity contribution in [1.82, 2.24) is 4.98 Å². The van der Waals surface area contributed by atoms with Gasteiger partial charge in [0.2, 0.25) is 0 Å². The SMILES string of the molecule is O=C(OCc1ccccc1[N+](=O)[O-])c1cnc2ccccc2c1C(F)(F)F. The van der Waals surface area contributed by atoms with Crippen molar-refractivity contribution in [3.8, 4) is 0 Å². The van der Waals surface area contributed by atoms with Crippen LogP contribution in [0.25, 0.3) is 10.9 Å². The molecule has 0 saturated carbocycles. The highest BCUT2D eigenvalue weighted by Crippen LogP contribution is 2.37. The van der Waals surface area contributed by atoms with E-state index in [4.69, 9.17) is 4.74 Å². The summed E-state index contributed by atoms with van der Waals surface area (Å²) in [5.41, 5.74) is -2.04. The van der Waals surface area contributed by atoms with E-state index in [-0.39, 0.29) is 22.2 Å². The first kappa shape index (κ1) is 18.3. The molecule has 0 bridgehead atoms. The van der Waals surface area contributed by atoms with E-state index in [0.717, 1.165) is 6.20 Å². The van der Waals surface area contributed by atoms with Gasteiger partial charge in [0, 0.05) is 17.6 Å². The van der Waals surface area contributed by atoms with Crippen molar-refractivity contribution in [3.63, 3.8) is 0 Å². The molecule has 0 spiro atoms. The number of fused-ring (bicyclic) bond motifs is 1. The monoisotopic (exact) mass is 376 g/mol. The van der Waals surface area contributed by atoms with Crippen LogP contribution in [0, 0.1) is 10.1 Å². The van der Waals surface area contributed by atoms with Crippen molar-refractivity contribution in [2.24, 2.45) is 0 Å². The van der Waals surface area contributed by atoms with Gasteiger partial charge in [-0.25, -0.2) is 4.79 Å². The Labute approximate surface area is 150 Å². The molecule has 0 aliphatic heterocycles. The van der Waals surface area contributed by atoms with Crippen molar-refractivity contribution in [3.05, 3.63) is 81.5 Å². The number of pyridine rings is 1. The van der Waals surface area contributed by atoms with Gasteiger partial charge in [-0.3, -0.25) is 15.1 Å². The number of aromatic nitrogens is 1. The van der Waals surface area contributed by atoms with Crippen molar-refractivity contribution in [1.29, 1.82) is 0 Å². The summed E-state index contributed by atoms with van der Waals surface area (Å²) in [4.78, 5) is 26.5. The number of esters is 1. The van der Waals surface area contributed by atoms with Gasteiger partial charge in [-0.1, -0.05) is 30.3 Å². The van der Waals surface area contributed by atoms with E-state index in [2.05, 4.69) is 4.98 Å². The van der Waals surface area contributed by atoms with Crippen LogP contribution in [0.15, 0.2) is 54.7 Å². The molecule has 1 aromatic heterocycles. The summed E-state index contributed by atoms with van der Waals surface area (Å²) in [6.45, 7) is -0.542. The van der Waals surface area contributed by atoms with E-state index in [1.54, 1.807) is 0 Å². The number of para-hydroxylation sites is 2. The maximum Gasteiger partial charge on any atom is 0.417 e. The summed E-state index contributed by atoms with van der Waals surface area (Å²) in [7, 11) is 0. The lowest BCUT2D eigenvalue weighted by Gasteiger charge is -2.14. The molecule has 1 heterocycles. The molecule has 0 aliphatic rings. The minimum Gasteiger partial charge on any atom is -0.457 e. The molecule has 0 saturated heterocycles. The standard InChI is InChI=1S/C18H11F3N2O4/c19-18(20,21)16-12-6-2-3-7-14(12)22-9-13(16)17(24)27-10-11-5-1-4-8-15(11)23(25)26/h1-9H,10H2. The number of carbonyl (C=O) groups is 1. The van der Waals surface area contributed by atoms with Crippen molar-refractivity contribution >= 4 is 22.6 Å². The second-order valence-electron chi connectivity index (χ2n) is 5.52. The van der Waals surface area contributed by atoms with Crippen LogP contribution in [0.1, 0.15) is 21.5 Å². The first-order valence-electron chi connectivity index (χ1n) is 7.63. The molecular weight excluding hydrogens is 365 g/mol. The summed E-state index contributed by atoms with van der Waals surface area (Å²) in [6, 6.07) is 11.0. The Morgan fingerprint density at radius 1 is 1.11 bits per heavy atom. The van der Waals surface area contributed by atoms with E-state index in [1.165, 1.54) is 48.5 Å². The van der Waals surface area contributed by atoms with Crippen molar-refractivity contribution in [2.45, 2.75) is 12.8 Å². The zero-order valence-electron chi connectivity index (χ0n) is 13.6. The van der Waals surface area contributed by atoms with Gasteiger partial charge in [0.05, 0.1) is 27.1 Å². The van der Waals surface area contributed by atoms with E-state index in [9.17, 15) is 28.1 Å². The molecule has 6 nitrogen and oxygen atoms in total. The Hall–Kier alpha value is -3.49. The van der Waals surface area contributed by atoms with Crippen LogP contribution in [-0.2, 0) is 17.5 Å². The van der Waals surface area contributed by atoms with Gasteiger partial charge in [-0.15, -0.1) is 0 Å². The average molecular weight is 376 g/mol. The molecule has 0 N–H and O–H groups in total. The third kappa shape index (κ3) is 3.71. The van der Waals surface area contributed by atoms with Crippen LogP contribution in [0.5, 0.6) is 0 Å². The van der Waals surface area contributed by atoms with Gasteiger partial charge in [0.1, 0.15) is 6.61 Å². The van der Waals surface area contributed by atoms with Gasteiger partial charge in [-0.05, 0) is 12.1 Å². The minimum atomic E-state index is -4.81. The number of rotatable bonds is 4. The van der Waals surface area contributed by atoms with E-state index in [1.807, 2.05) is 0 Å². The highest BCUT2D eigenvalue weighted by Gasteiger charge is 2.38. The fourth-order valence-electron chi connectivity index (χ4n) is 2.63. The molecule has 27 heavy (non-hydrogen) atoms. The predicted molar refractivity (Wildman–Crippen MR) is 89.0 cm³/mol. The van der Waals surface area contributed by atoms with Crippen molar-refractivity contribution in [2.75, 3.05) is 0 Å². The Morgan fingerprint density at radius 3 is 2.48 bits per heavy atom. The molecule has 3 rings (SSSR count). The number of nitro groups is 1. The van der Waals surface area contributed by atoms with Crippen LogP contribution in [0.2, 0.25) is 0 Å². The number of ether oxygens (including phenoxy) is 1. The highest BCUT2D eigenvalue weighted by molar-refractivity contribution is 5.97. The molecule has 2 aromatic carbocycles. The number of alkyl halides is 3. The second-order valence-corrected chi connectivity index (χ2v) is 5.52. The molecule has 3 aromatic rings. The number of hydrogen-bond donors (Lipinski definition) is 0. The van der Waals surface area contributed by atoms with Crippen LogP contribution in [-0.4, -0.2) is 15.9 Å². The topological polar surface area (TPSA) is 82.3 Å². The Morgan fingerprint density at radius 2 is 1.78 bits per heavy atom. The van der Waals surface area contributed by atoms with Gasteiger partial charge in [0.15, 0.2) is 0 Å². The number of hydrogen-bond acceptors (Lipinski definition) is 5. The highest BCUT2D eigenvalue weighted by atomic mass is 19.4. The fourth-order valence-corrected chi connectivity index (χ4v) is 2.63. The molecule has 0 amide bonds. The molecular formula is C18H11F3N2O4. The van der Waals surface area contributed by atoms with Crippen LogP contribution >= 0.6 is 0 Å². The fraction of sp³-hybridized carbons (Fsp3) is 0.111. The summed E-state index contributed by atoms with van der Waals surface area (Å²) in [5, 5.41) is 10.7. The molecule has 0 fully saturated rings. The summed E-state index contributed by atoms with van der Waals surface area (Å²) in [5.74, 6) is -1.27. The molecule has 138 valence electrons. The Balaban J connectivity index is 1.96. The van der Waals surface area contributed by atoms with E-state index < -0.39 is 34.8 Å². The number of benzene rings is 2. The molecule has 0 unspecified atom stereocenters. The van der Waals surface area contributed by atoms with Gasteiger partial charge < -0.3 is 4.74 Å². The summed E-state index contributed by atoms with van der Waals surface area (Å²) in [6.07, 6.45) is -4.01. The maximum atomic E-state index is 13.5. The quantitative estimate of drug-likeness (QED) is 0.380. The lowest BCUT2D eigenvalue weighted by Crippen LogP contribution is -2.16. The summed E-state index contributed by atoms with van der Waals surface area (Å²) >= 11 is 0. The first-order valence-corrected chi connectivity index (χ1v) is 7.63. The van der Waals surface area contributed by atoms with Crippen LogP contribution in [0.4, 0.5) is 18.9 Å². The molecule has 0 aliphatic carbocycles. The van der Waals surface area contributed by atoms with Crippen LogP contribution < -0.4 is 0 Å². The van der Waals surface area contributed by atoms with E-state index in [0.29, 0.717) is 0 Å². The Kier molecular flexibility index (Phi) is 4.76. The van der Waals surface area contributed by atoms with Gasteiger partial charge >= 0.3 is 12.1 Å². The smallest absolute Gasteiger partial charge is 0.417 e. The third-order valence-electron chi connectivity index (χ3n) is 3.83. The zero-order chi connectivity index (χ0) is 19.6. The number of carbonyl (C=O) groups excluding carboxylic acids is 1. The molecule has 0 radical (unpaired) electrons. The first-order chi connectivity index (χ1) is 12.8. The lowest BCUT2D eigenvalue weighted by molar-refractivity contribution is -0.385. The number of nitrogens with zero attached hydrogens (tertiary/aromatic N) is 2. The average Bonchev–Trinajstić information content (AvgIpc) is 2.64. The van der Waals surface area contributed by atoms with Gasteiger partial charge in [-0.2, -0.15) is 13.2 Å². The molecule has 9 heteroatoms. The van der Waals surface area contributed by atoms with E-state index >= 15 is 0 Å². The Bertz CT molecular complexity index is 1030. The zero-order valence-corrected chi connectivity index (χ0v) is 13.6. The van der Waals surface area contributed by atoms with Crippen molar-refractivity contribution < 1.29 is 27.6 Å². The minimum absolute atomic E-state index is 0.0677. The number of nitro benzene ring substituents is 1. The summed E-state index contributed by atoms with van der Waals surface area (Å²) < 4.78 is 45.5. The second kappa shape index (κ2) is 7.02. The maximum absolute atomic E-state index is 13.5. The predicted octanol–water partition coefficient (Wildman–Crippen LogP) is 4.52. The lowest BCUT2D eigenvalue weighted by atomic mass is 10.0. The largest absolute Gasteiger partial charge is 0.457 e. The van der Waals surface area contributed by atoms with Crippen LogP contribution in [0.3, 0.4) is 0 Å².